The normalized spacial score (nSPS) is 25.9. The highest BCUT2D eigenvalue weighted by Gasteiger charge is 2.51. The summed E-state index contributed by atoms with van der Waals surface area (Å²) in [6.07, 6.45) is 1.10. The van der Waals surface area contributed by atoms with Gasteiger partial charge in [-0.1, -0.05) is 12.1 Å². The highest BCUT2D eigenvalue weighted by molar-refractivity contribution is 5.95. The fourth-order valence-electron chi connectivity index (χ4n) is 4.34. The molecule has 2 fully saturated rings. The van der Waals surface area contributed by atoms with Gasteiger partial charge >= 0.3 is 5.97 Å². The van der Waals surface area contributed by atoms with Crippen molar-refractivity contribution in [2.24, 2.45) is 0 Å². The molecule has 0 aromatic heterocycles. The second kappa shape index (κ2) is 7.94. The molecule has 2 aromatic rings. The first-order chi connectivity index (χ1) is 13.9. The van der Waals surface area contributed by atoms with Crippen molar-refractivity contribution in [2.75, 3.05) is 26.8 Å². The molecule has 2 saturated heterocycles. The van der Waals surface area contributed by atoms with Crippen molar-refractivity contribution in [3.8, 4) is 5.75 Å². The lowest BCUT2D eigenvalue weighted by atomic mass is 10.1. The molecule has 6 heteroatoms. The number of fused-ring (bicyclic) bond motifs is 2. The predicted molar refractivity (Wildman–Crippen MR) is 110 cm³/mol. The molecular weight excluding hydrogens is 370 g/mol. The molecule has 0 aliphatic carbocycles. The molecule has 29 heavy (non-hydrogen) atoms. The first-order valence-corrected chi connectivity index (χ1v) is 10.3. The molecule has 0 bridgehead atoms. The van der Waals surface area contributed by atoms with Crippen LogP contribution in [0.15, 0.2) is 36.4 Å². The standard InChI is InChI=1S/C23H29NO5/c1-5-26-22(25)17-7-6-16-13-18(9-8-15(16)12-17)27-11-10-19-21-20(14-24(19)4)28-23(2,3)29-21/h6-9,12-13,19-21H,5,10-11,14H2,1-4H3/t19-,20+,21-/m0/s1. The Hall–Kier alpha value is -2.15. The maximum absolute atomic E-state index is 11.9. The molecule has 6 nitrogen and oxygen atoms in total. The van der Waals surface area contributed by atoms with Crippen molar-refractivity contribution < 1.29 is 23.7 Å². The number of carbonyl (C=O) groups excluding carboxylic acids is 1. The highest BCUT2D eigenvalue weighted by atomic mass is 16.8. The molecule has 2 heterocycles. The number of likely N-dealkylation sites (N-methyl/N-ethyl adjacent to an activating group) is 1. The lowest BCUT2D eigenvalue weighted by molar-refractivity contribution is -0.160. The average molecular weight is 399 g/mol. The number of hydrogen-bond donors (Lipinski definition) is 0. The van der Waals surface area contributed by atoms with Gasteiger partial charge in [0.25, 0.3) is 0 Å². The minimum atomic E-state index is -0.504. The van der Waals surface area contributed by atoms with Gasteiger partial charge in [-0.15, -0.1) is 0 Å². The Kier molecular flexibility index (Phi) is 5.51. The van der Waals surface area contributed by atoms with Crippen LogP contribution in [0.4, 0.5) is 0 Å². The molecule has 4 rings (SSSR count). The smallest absolute Gasteiger partial charge is 0.338 e. The Morgan fingerprint density at radius 3 is 2.72 bits per heavy atom. The first kappa shape index (κ1) is 20.1. The summed E-state index contributed by atoms with van der Waals surface area (Å²) in [5.41, 5.74) is 0.563. The van der Waals surface area contributed by atoms with E-state index in [-0.39, 0.29) is 24.2 Å². The number of nitrogens with zero attached hydrogens (tertiary/aromatic N) is 1. The predicted octanol–water partition coefficient (Wildman–Crippen LogP) is 3.62. The Balaban J connectivity index is 1.37. The Morgan fingerprint density at radius 1 is 1.17 bits per heavy atom. The van der Waals surface area contributed by atoms with Crippen LogP contribution < -0.4 is 4.74 Å². The largest absolute Gasteiger partial charge is 0.494 e. The number of benzene rings is 2. The topological polar surface area (TPSA) is 57.2 Å². The van der Waals surface area contributed by atoms with E-state index in [1.54, 1.807) is 13.0 Å². The lowest BCUT2D eigenvalue weighted by Gasteiger charge is -2.27. The fourth-order valence-corrected chi connectivity index (χ4v) is 4.34. The van der Waals surface area contributed by atoms with E-state index >= 15 is 0 Å². The number of carbonyl (C=O) groups is 1. The average Bonchev–Trinajstić information content (AvgIpc) is 3.12. The summed E-state index contributed by atoms with van der Waals surface area (Å²) in [6, 6.07) is 11.8. The van der Waals surface area contributed by atoms with Crippen molar-refractivity contribution in [2.45, 2.75) is 51.2 Å². The quantitative estimate of drug-likeness (QED) is 0.692. The van der Waals surface area contributed by atoms with E-state index in [9.17, 15) is 4.79 Å². The molecule has 0 saturated carbocycles. The van der Waals surface area contributed by atoms with Crippen molar-refractivity contribution in [1.29, 1.82) is 0 Å². The van der Waals surface area contributed by atoms with Crippen LogP contribution in [0.3, 0.4) is 0 Å². The third-order valence-electron chi connectivity index (χ3n) is 5.64. The van der Waals surface area contributed by atoms with Crippen LogP contribution in [0.2, 0.25) is 0 Å². The van der Waals surface area contributed by atoms with Crippen LogP contribution in [0, 0.1) is 0 Å². The third kappa shape index (κ3) is 4.25. The van der Waals surface area contributed by atoms with Crippen LogP contribution in [0.25, 0.3) is 10.8 Å². The van der Waals surface area contributed by atoms with Gasteiger partial charge in [-0.3, -0.25) is 4.90 Å². The van der Waals surface area contributed by atoms with Crippen LogP contribution >= 0.6 is 0 Å². The summed E-state index contributed by atoms with van der Waals surface area (Å²) in [5.74, 6) is 0.0219. The summed E-state index contributed by atoms with van der Waals surface area (Å²) in [5, 5.41) is 2.02. The minimum Gasteiger partial charge on any atom is -0.494 e. The number of rotatable bonds is 6. The Labute approximate surface area is 171 Å². The van der Waals surface area contributed by atoms with Gasteiger partial charge in [0.1, 0.15) is 18.0 Å². The molecule has 3 atom stereocenters. The Morgan fingerprint density at radius 2 is 1.93 bits per heavy atom. The summed E-state index contributed by atoms with van der Waals surface area (Å²) in [4.78, 5) is 14.2. The van der Waals surface area contributed by atoms with Crippen LogP contribution in [0.1, 0.15) is 37.6 Å². The van der Waals surface area contributed by atoms with Crippen LogP contribution in [-0.4, -0.2) is 61.7 Å². The minimum absolute atomic E-state index is 0.0940. The number of ether oxygens (including phenoxy) is 4. The van der Waals surface area contributed by atoms with E-state index < -0.39 is 5.79 Å². The molecule has 156 valence electrons. The maximum Gasteiger partial charge on any atom is 0.338 e. The first-order valence-electron chi connectivity index (χ1n) is 10.3. The second-order valence-corrected chi connectivity index (χ2v) is 8.23. The zero-order valence-corrected chi connectivity index (χ0v) is 17.5. The van der Waals surface area contributed by atoms with Gasteiger partial charge in [-0.2, -0.15) is 0 Å². The molecule has 2 aliphatic rings. The van der Waals surface area contributed by atoms with Crippen LogP contribution in [-0.2, 0) is 14.2 Å². The van der Waals surface area contributed by atoms with Gasteiger partial charge in [0.2, 0.25) is 0 Å². The maximum atomic E-state index is 11.9. The van der Waals surface area contributed by atoms with Gasteiger partial charge in [0.05, 0.1) is 18.8 Å². The summed E-state index contributed by atoms with van der Waals surface area (Å²) < 4.78 is 23.2. The van der Waals surface area contributed by atoms with Gasteiger partial charge in [0, 0.05) is 12.6 Å². The van der Waals surface area contributed by atoms with E-state index in [1.807, 2.05) is 44.2 Å². The van der Waals surface area contributed by atoms with Gasteiger partial charge in [0.15, 0.2) is 5.79 Å². The monoisotopic (exact) mass is 399 g/mol. The van der Waals surface area contributed by atoms with Gasteiger partial charge in [-0.25, -0.2) is 4.79 Å². The van der Waals surface area contributed by atoms with Crippen molar-refractivity contribution in [3.05, 3.63) is 42.0 Å². The molecule has 2 aliphatic heterocycles. The van der Waals surface area contributed by atoms with Crippen LogP contribution in [0.5, 0.6) is 5.75 Å². The third-order valence-corrected chi connectivity index (χ3v) is 5.64. The van der Waals surface area contributed by atoms with E-state index in [0.29, 0.717) is 18.8 Å². The molecule has 0 radical (unpaired) electrons. The zero-order chi connectivity index (χ0) is 20.6. The van der Waals surface area contributed by atoms with Crippen molar-refractivity contribution >= 4 is 16.7 Å². The molecular formula is C23H29NO5. The van der Waals surface area contributed by atoms with Crippen molar-refractivity contribution in [3.63, 3.8) is 0 Å². The summed E-state index contributed by atoms with van der Waals surface area (Å²) in [7, 11) is 2.11. The second-order valence-electron chi connectivity index (χ2n) is 8.23. The fraction of sp³-hybridized carbons (Fsp3) is 0.522. The SMILES string of the molecule is CCOC(=O)c1ccc2cc(OCC[C@H]3[C@@H]4OC(C)(C)O[C@@H]4CN3C)ccc2c1. The lowest BCUT2D eigenvalue weighted by Crippen LogP contribution is -2.37. The zero-order valence-electron chi connectivity index (χ0n) is 17.5. The Bertz CT molecular complexity index is 896. The van der Waals surface area contributed by atoms with Crippen molar-refractivity contribution in [1.82, 2.24) is 4.90 Å². The number of hydrogen-bond acceptors (Lipinski definition) is 6. The molecule has 0 unspecified atom stereocenters. The molecule has 0 N–H and O–H groups in total. The van der Waals surface area contributed by atoms with E-state index in [1.165, 1.54) is 0 Å². The summed E-state index contributed by atoms with van der Waals surface area (Å²) >= 11 is 0. The molecule has 2 aromatic carbocycles. The number of likely N-dealkylation sites (tertiary alicyclic amines) is 1. The summed E-state index contributed by atoms with van der Waals surface area (Å²) in [6.45, 7) is 7.61. The number of esters is 1. The van der Waals surface area contributed by atoms with E-state index in [0.717, 1.165) is 29.5 Å². The molecule has 0 amide bonds. The highest BCUT2D eigenvalue weighted by Crippen LogP contribution is 2.37. The van der Waals surface area contributed by atoms with Gasteiger partial charge < -0.3 is 18.9 Å². The van der Waals surface area contributed by atoms with E-state index in [2.05, 4.69) is 11.9 Å². The van der Waals surface area contributed by atoms with Gasteiger partial charge in [-0.05, 0) is 69.3 Å². The van der Waals surface area contributed by atoms with E-state index in [4.69, 9.17) is 18.9 Å². The molecule has 0 spiro atoms.